The van der Waals surface area contributed by atoms with Gasteiger partial charge in [-0.2, -0.15) is 13.2 Å². The van der Waals surface area contributed by atoms with E-state index in [1.807, 2.05) is 6.92 Å². The Kier molecular flexibility index (Phi) is 5.94. The standard InChI is InChI=1S/C13H18ClF3N2/c1-3-18-8-10-7-11(14)5-6-12(10)19(4-2)9-13(15,16)17/h5-7,18H,3-4,8-9H2,1-2H3. The van der Waals surface area contributed by atoms with Crippen molar-refractivity contribution >= 4 is 17.3 Å². The predicted molar refractivity (Wildman–Crippen MR) is 72.8 cm³/mol. The number of nitrogens with zero attached hydrogens (tertiary/aromatic N) is 1. The minimum atomic E-state index is -4.22. The third-order valence-corrected chi connectivity index (χ3v) is 2.93. The van der Waals surface area contributed by atoms with E-state index >= 15 is 0 Å². The molecule has 0 aliphatic carbocycles. The summed E-state index contributed by atoms with van der Waals surface area (Å²) in [6.07, 6.45) is -4.22. The number of hydrogen-bond donors (Lipinski definition) is 1. The maximum atomic E-state index is 12.6. The zero-order chi connectivity index (χ0) is 14.5. The average Bonchev–Trinajstić information content (AvgIpc) is 2.32. The maximum absolute atomic E-state index is 12.6. The first kappa shape index (κ1) is 16.1. The lowest BCUT2D eigenvalue weighted by atomic mass is 10.1. The first-order valence-corrected chi connectivity index (χ1v) is 6.56. The fourth-order valence-electron chi connectivity index (χ4n) is 1.85. The van der Waals surface area contributed by atoms with Gasteiger partial charge >= 0.3 is 6.18 Å². The molecule has 0 radical (unpaired) electrons. The molecule has 2 nitrogen and oxygen atoms in total. The molecule has 0 amide bonds. The molecule has 0 bridgehead atoms. The molecule has 1 rings (SSSR count). The minimum Gasteiger partial charge on any atom is -0.363 e. The molecule has 6 heteroatoms. The van der Waals surface area contributed by atoms with E-state index in [4.69, 9.17) is 11.6 Å². The van der Waals surface area contributed by atoms with Crippen molar-refractivity contribution in [2.24, 2.45) is 0 Å². The topological polar surface area (TPSA) is 15.3 Å². The van der Waals surface area contributed by atoms with Crippen molar-refractivity contribution in [1.82, 2.24) is 5.32 Å². The number of benzene rings is 1. The molecule has 0 spiro atoms. The molecule has 0 aliphatic rings. The van der Waals surface area contributed by atoms with Gasteiger partial charge in [0.25, 0.3) is 0 Å². The molecule has 0 unspecified atom stereocenters. The van der Waals surface area contributed by atoms with Crippen LogP contribution in [0.15, 0.2) is 18.2 Å². The van der Waals surface area contributed by atoms with Gasteiger partial charge in [-0.15, -0.1) is 0 Å². The van der Waals surface area contributed by atoms with E-state index in [9.17, 15) is 13.2 Å². The molecule has 0 fully saturated rings. The van der Waals surface area contributed by atoms with Gasteiger partial charge in [0.05, 0.1) is 0 Å². The van der Waals surface area contributed by atoms with Crippen LogP contribution in [-0.2, 0) is 6.54 Å². The van der Waals surface area contributed by atoms with Gasteiger partial charge in [0, 0.05) is 23.8 Å². The number of alkyl halides is 3. The van der Waals surface area contributed by atoms with Crippen molar-refractivity contribution in [2.75, 3.05) is 24.5 Å². The largest absolute Gasteiger partial charge is 0.405 e. The first-order chi connectivity index (χ1) is 8.87. The fourth-order valence-corrected chi connectivity index (χ4v) is 2.04. The molecule has 0 aliphatic heterocycles. The normalized spacial score (nSPS) is 11.7. The Morgan fingerprint density at radius 1 is 1.26 bits per heavy atom. The average molecular weight is 295 g/mol. The van der Waals surface area contributed by atoms with E-state index < -0.39 is 12.7 Å². The lowest BCUT2D eigenvalue weighted by Crippen LogP contribution is -2.35. The monoisotopic (exact) mass is 294 g/mol. The third-order valence-electron chi connectivity index (χ3n) is 2.70. The van der Waals surface area contributed by atoms with Crippen LogP contribution in [0, 0.1) is 0 Å². The van der Waals surface area contributed by atoms with Crippen molar-refractivity contribution in [3.8, 4) is 0 Å². The molecule has 1 aromatic carbocycles. The fraction of sp³-hybridized carbons (Fsp3) is 0.538. The molecule has 0 saturated carbocycles. The highest BCUT2D eigenvalue weighted by molar-refractivity contribution is 6.30. The summed E-state index contributed by atoms with van der Waals surface area (Å²) in [5.41, 5.74) is 1.35. The van der Waals surface area contributed by atoms with Crippen LogP contribution >= 0.6 is 11.6 Å². The summed E-state index contributed by atoms with van der Waals surface area (Å²) < 4.78 is 37.7. The van der Waals surface area contributed by atoms with Gasteiger partial charge in [-0.25, -0.2) is 0 Å². The molecule has 1 N–H and O–H groups in total. The third kappa shape index (κ3) is 5.28. The lowest BCUT2D eigenvalue weighted by molar-refractivity contribution is -0.119. The number of rotatable bonds is 6. The van der Waals surface area contributed by atoms with Gasteiger partial charge in [0.2, 0.25) is 0 Å². The van der Waals surface area contributed by atoms with Crippen LogP contribution in [0.25, 0.3) is 0 Å². The molecular weight excluding hydrogens is 277 g/mol. The van der Waals surface area contributed by atoms with E-state index in [2.05, 4.69) is 5.32 Å². The van der Waals surface area contributed by atoms with Crippen molar-refractivity contribution < 1.29 is 13.2 Å². The molecule has 19 heavy (non-hydrogen) atoms. The van der Waals surface area contributed by atoms with Crippen molar-refractivity contribution in [3.05, 3.63) is 28.8 Å². The predicted octanol–water partition coefficient (Wildman–Crippen LogP) is 3.84. The van der Waals surface area contributed by atoms with E-state index in [1.165, 1.54) is 4.90 Å². The highest BCUT2D eigenvalue weighted by atomic mass is 35.5. The van der Waals surface area contributed by atoms with Gasteiger partial charge in [-0.05, 0) is 37.2 Å². The minimum absolute atomic E-state index is 0.292. The van der Waals surface area contributed by atoms with Gasteiger partial charge in [0.15, 0.2) is 0 Å². The highest BCUT2D eigenvalue weighted by Gasteiger charge is 2.31. The Morgan fingerprint density at radius 3 is 2.47 bits per heavy atom. The summed E-state index contributed by atoms with van der Waals surface area (Å²) in [6.45, 7) is 4.23. The molecule has 0 saturated heterocycles. The lowest BCUT2D eigenvalue weighted by Gasteiger charge is -2.27. The summed E-state index contributed by atoms with van der Waals surface area (Å²) in [4.78, 5) is 1.31. The van der Waals surface area contributed by atoms with Crippen molar-refractivity contribution in [1.29, 1.82) is 0 Å². The van der Waals surface area contributed by atoms with Crippen molar-refractivity contribution in [3.63, 3.8) is 0 Å². The Hall–Kier alpha value is -0.940. The van der Waals surface area contributed by atoms with Crippen LogP contribution in [0.3, 0.4) is 0 Å². The Morgan fingerprint density at radius 2 is 1.95 bits per heavy atom. The second-order valence-electron chi connectivity index (χ2n) is 4.18. The summed E-state index contributed by atoms with van der Waals surface area (Å²) in [7, 11) is 0. The van der Waals surface area contributed by atoms with Crippen LogP contribution in [-0.4, -0.2) is 25.8 Å². The number of hydrogen-bond acceptors (Lipinski definition) is 2. The van der Waals surface area contributed by atoms with Crippen molar-refractivity contribution in [2.45, 2.75) is 26.6 Å². The number of nitrogens with one attached hydrogen (secondary N) is 1. The van der Waals surface area contributed by atoms with Gasteiger partial charge in [0.1, 0.15) is 6.54 Å². The van der Waals surface area contributed by atoms with E-state index in [0.29, 0.717) is 23.8 Å². The molecule has 0 heterocycles. The van der Waals surface area contributed by atoms with Gasteiger partial charge in [-0.1, -0.05) is 18.5 Å². The van der Waals surface area contributed by atoms with E-state index in [-0.39, 0.29) is 0 Å². The molecule has 0 atom stereocenters. The van der Waals surface area contributed by atoms with Crippen LogP contribution in [0.5, 0.6) is 0 Å². The Balaban J connectivity index is 3.01. The molecule has 108 valence electrons. The Labute approximate surface area is 116 Å². The zero-order valence-corrected chi connectivity index (χ0v) is 11.8. The van der Waals surface area contributed by atoms with Gasteiger partial charge in [-0.3, -0.25) is 0 Å². The summed E-state index contributed by atoms with van der Waals surface area (Å²) in [5.74, 6) is 0. The zero-order valence-electron chi connectivity index (χ0n) is 11.0. The number of anilines is 1. The van der Waals surface area contributed by atoms with Crippen LogP contribution in [0.4, 0.5) is 18.9 Å². The summed E-state index contributed by atoms with van der Waals surface area (Å²) in [6, 6.07) is 4.97. The second kappa shape index (κ2) is 7.01. The molecular formula is C13H18ClF3N2. The van der Waals surface area contributed by atoms with E-state index in [0.717, 1.165) is 12.1 Å². The summed E-state index contributed by atoms with van der Waals surface area (Å²) >= 11 is 5.91. The number of halogens is 4. The molecule has 0 aromatic heterocycles. The van der Waals surface area contributed by atoms with Crippen LogP contribution < -0.4 is 10.2 Å². The smallest absolute Gasteiger partial charge is 0.363 e. The van der Waals surface area contributed by atoms with Crippen LogP contribution in [0.2, 0.25) is 5.02 Å². The Bertz CT molecular complexity index is 407. The van der Waals surface area contributed by atoms with E-state index in [1.54, 1.807) is 25.1 Å². The highest BCUT2D eigenvalue weighted by Crippen LogP contribution is 2.27. The maximum Gasteiger partial charge on any atom is 0.405 e. The van der Waals surface area contributed by atoms with Crippen LogP contribution in [0.1, 0.15) is 19.4 Å². The quantitative estimate of drug-likeness (QED) is 0.857. The first-order valence-electron chi connectivity index (χ1n) is 6.18. The van der Waals surface area contributed by atoms with Gasteiger partial charge < -0.3 is 10.2 Å². The second-order valence-corrected chi connectivity index (χ2v) is 4.62. The molecule has 1 aromatic rings. The summed E-state index contributed by atoms with van der Waals surface area (Å²) in [5, 5.41) is 3.63. The SMILES string of the molecule is CCNCc1cc(Cl)ccc1N(CC)CC(F)(F)F.